The molecule has 8 heteroatoms. The predicted molar refractivity (Wildman–Crippen MR) is 156 cm³/mol. The molecule has 0 saturated heterocycles. The monoisotopic (exact) mass is 577 g/mol. The number of aromatic nitrogens is 2. The van der Waals surface area contributed by atoms with Gasteiger partial charge in [-0.2, -0.15) is 9.78 Å². The van der Waals surface area contributed by atoms with Crippen LogP contribution in [-0.4, -0.2) is 36.2 Å². The van der Waals surface area contributed by atoms with E-state index in [1.54, 1.807) is 19.4 Å². The normalized spacial score (nSPS) is 11.5. The van der Waals surface area contributed by atoms with Gasteiger partial charge in [0.1, 0.15) is 5.75 Å². The zero-order chi connectivity index (χ0) is 27.4. The van der Waals surface area contributed by atoms with Crippen molar-refractivity contribution in [3.8, 4) is 28.6 Å². The van der Waals surface area contributed by atoms with Gasteiger partial charge in [-0.1, -0.05) is 26.0 Å². The topological polar surface area (TPSA) is 74.9 Å². The summed E-state index contributed by atoms with van der Waals surface area (Å²) in [5.74, 6) is 2.70. The van der Waals surface area contributed by atoms with Crippen LogP contribution in [-0.2, 0) is 0 Å². The van der Waals surface area contributed by atoms with Crippen molar-refractivity contribution in [3.63, 3.8) is 0 Å². The maximum atomic E-state index is 13.7. The number of hydrogen-bond donors (Lipinski definition) is 0. The predicted octanol–water partition coefficient (Wildman–Crippen LogP) is 6.95. The molecule has 0 aliphatic rings. The molecule has 38 heavy (non-hydrogen) atoms. The molecular weight excluding hydrogens is 546 g/mol. The van der Waals surface area contributed by atoms with Crippen LogP contribution in [0.3, 0.4) is 0 Å². The van der Waals surface area contributed by atoms with Crippen LogP contribution in [0.5, 0.6) is 17.2 Å². The Morgan fingerprint density at radius 2 is 1.76 bits per heavy atom. The Hall–Kier alpha value is -3.65. The van der Waals surface area contributed by atoms with Gasteiger partial charge >= 0.3 is 0 Å². The summed E-state index contributed by atoms with van der Waals surface area (Å²) >= 11 is 3.54. The highest BCUT2D eigenvalue weighted by molar-refractivity contribution is 9.10. The van der Waals surface area contributed by atoms with Crippen LogP contribution in [0.1, 0.15) is 50.3 Å². The van der Waals surface area contributed by atoms with E-state index in [2.05, 4.69) is 40.9 Å². The second-order valence-electron chi connectivity index (χ2n) is 9.07. The highest BCUT2D eigenvalue weighted by Crippen LogP contribution is 2.37. The smallest absolute Gasteiger partial charge is 0.282 e. The maximum absolute atomic E-state index is 13.7. The molecule has 0 aliphatic carbocycles. The van der Waals surface area contributed by atoms with Crippen molar-refractivity contribution < 1.29 is 14.2 Å². The summed E-state index contributed by atoms with van der Waals surface area (Å²) in [5, 5.41) is 5.14. The Morgan fingerprint density at radius 1 is 1.05 bits per heavy atom. The maximum Gasteiger partial charge on any atom is 0.282 e. The number of para-hydroxylation sites is 1. The average molecular weight is 579 g/mol. The second-order valence-corrected chi connectivity index (χ2v) is 9.93. The minimum Gasteiger partial charge on any atom is -0.494 e. The van der Waals surface area contributed by atoms with E-state index in [4.69, 9.17) is 19.2 Å². The average Bonchev–Trinajstić information content (AvgIpc) is 2.88. The van der Waals surface area contributed by atoms with Crippen LogP contribution in [0.25, 0.3) is 22.3 Å². The summed E-state index contributed by atoms with van der Waals surface area (Å²) in [5.41, 5.74) is 3.91. The summed E-state index contributed by atoms with van der Waals surface area (Å²) in [6.45, 7) is 11.2. The van der Waals surface area contributed by atoms with Crippen molar-refractivity contribution >= 4 is 33.0 Å². The van der Waals surface area contributed by atoms with E-state index in [0.717, 1.165) is 32.5 Å². The van der Waals surface area contributed by atoms with Gasteiger partial charge < -0.3 is 14.2 Å². The van der Waals surface area contributed by atoms with Crippen LogP contribution in [0, 0.1) is 6.92 Å². The first-order valence-electron chi connectivity index (χ1n) is 12.6. The number of aryl methyl sites for hydroxylation is 1. The van der Waals surface area contributed by atoms with E-state index in [1.807, 2.05) is 57.2 Å². The number of nitrogens with zero attached hydrogens (tertiary/aromatic N) is 3. The first kappa shape index (κ1) is 27.4. The van der Waals surface area contributed by atoms with Crippen molar-refractivity contribution in [3.05, 3.63) is 80.0 Å². The Balaban J connectivity index is 1.95. The Morgan fingerprint density at radius 3 is 2.45 bits per heavy atom. The molecule has 0 fully saturated rings. The van der Waals surface area contributed by atoms with Crippen molar-refractivity contribution in [2.24, 2.45) is 5.10 Å². The lowest BCUT2D eigenvalue weighted by Crippen LogP contribution is -2.21. The van der Waals surface area contributed by atoms with Crippen LogP contribution in [0.4, 0.5) is 0 Å². The van der Waals surface area contributed by atoms with Gasteiger partial charge in [-0.25, -0.2) is 4.98 Å². The number of ether oxygens (including phenoxy) is 3. The Labute approximate surface area is 231 Å². The molecule has 7 nitrogen and oxygen atoms in total. The molecule has 0 amide bonds. The third kappa shape index (κ3) is 5.45. The zero-order valence-corrected chi connectivity index (χ0v) is 24.1. The standard InChI is InChI=1S/C30H32BrN3O4/c1-7-37-26-13-19(5)23(16-22(26)18(3)4)29-33-25-12-10-9-11-21(25)30(35)34(29)32-17-20-14-24(31)28(36-6)27(15-20)38-8-2/h9-18H,7-8H2,1-6H3. The van der Waals surface area contributed by atoms with Crippen LogP contribution in [0.15, 0.2) is 62.9 Å². The third-order valence-corrected chi connectivity index (χ3v) is 6.72. The number of benzene rings is 3. The molecule has 0 saturated carbocycles. The number of hydrogen-bond acceptors (Lipinski definition) is 6. The molecule has 0 unspecified atom stereocenters. The van der Waals surface area contributed by atoms with Gasteiger partial charge in [-0.15, -0.1) is 0 Å². The van der Waals surface area contributed by atoms with Crippen molar-refractivity contribution in [1.29, 1.82) is 0 Å². The molecule has 0 spiro atoms. The van der Waals surface area contributed by atoms with Gasteiger partial charge in [0.15, 0.2) is 17.3 Å². The summed E-state index contributed by atoms with van der Waals surface area (Å²) in [6.07, 6.45) is 1.63. The van der Waals surface area contributed by atoms with Crippen molar-refractivity contribution in [2.45, 2.75) is 40.5 Å². The van der Waals surface area contributed by atoms with Gasteiger partial charge in [0.2, 0.25) is 0 Å². The third-order valence-electron chi connectivity index (χ3n) is 6.13. The van der Waals surface area contributed by atoms with Crippen LogP contribution in [0.2, 0.25) is 0 Å². The van der Waals surface area contributed by atoms with E-state index < -0.39 is 0 Å². The van der Waals surface area contributed by atoms with E-state index in [9.17, 15) is 4.79 Å². The molecular formula is C30H32BrN3O4. The largest absolute Gasteiger partial charge is 0.494 e. The lowest BCUT2D eigenvalue weighted by atomic mass is 9.96. The highest BCUT2D eigenvalue weighted by atomic mass is 79.9. The van der Waals surface area contributed by atoms with Gasteiger partial charge in [0, 0.05) is 5.56 Å². The molecule has 0 radical (unpaired) electrons. The quantitative estimate of drug-likeness (QED) is 0.201. The fourth-order valence-corrected chi connectivity index (χ4v) is 4.95. The molecule has 0 atom stereocenters. The summed E-state index contributed by atoms with van der Waals surface area (Å²) in [7, 11) is 1.59. The Bertz CT molecular complexity index is 1560. The van der Waals surface area contributed by atoms with Gasteiger partial charge in [-0.3, -0.25) is 4.79 Å². The molecule has 0 N–H and O–H groups in total. The van der Waals surface area contributed by atoms with Crippen molar-refractivity contribution in [2.75, 3.05) is 20.3 Å². The first-order valence-corrected chi connectivity index (χ1v) is 13.4. The van der Waals surface area contributed by atoms with Crippen LogP contribution < -0.4 is 19.8 Å². The molecule has 3 aromatic carbocycles. The number of methoxy groups -OCH3 is 1. The van der Waals surface area contributed by atoms with Crippen LogP contribution >= 0.6 is 15.9 Å². The molecule has 198 valence electrons. The fourth-order valence-electron chi connectivity index (χ4n) is 4.32. The fraction of sp³-hybridized carbons (Fsp3) is 0.300. The summed E-state index contributed by atoms with van der Waals surface area (Å²) in [6, 6.07) is 15.1. The number of halogens is 1. The van der Waals surface area contributed by atoms with E-state index in [0.29, 0.717) is 41.4 Å². The van der Waals surface area contributed by atoms with E-state index >= 15 is 0 Å². The highest BCUT2D eigenvalue weighted by Gasteiger charge is 2.19. The second kappa shape index (κ2) is 11.8. The number of rotatable bonds is 9. The van der Waals surface area contributed by atoms with Gasteiger partial charge in [0.25, 0.3) is 5.56 Å². The zero-order valence-electron chi connectivity index (χ0n) is 22.5. The lowest BCUT2D eigenvalue weighted by Gasteiger charge is -2.18. The van der Waals surface area contributed by atoms with Crippen molar-refractivity contribution in [1.82, 2.24) is 9.66 Å². The SMILES string of the molecule is CCOc1cc(C)c(-c2nc3ccccc3c(=O)n2N=Cc2cc(Br)c(OC)c(OCC)c2)cc1C(C)C. The molecule has 0 bridgehead atoms. The first-order chi connectivity index (χ1) is 18.3. The molecule has 1 aromatic heterocycles. The number of fused-ring (bicyclic) bond motifs is 1. The molecule has 0 aliphatic heterocycles. The Kier molecular flexibility index (Phi) is 8.52. The van der Waals surface area contributed by atoms with E-state index in [1.165, 1.54) is 4.68 Å². The molecule has 4 aromatic rings. The molecule has 4 rings (SSSR count). The summed E-state index contributed by atoms with van der Waals surface area (Å²) in [4.78, 5) is 18.6. The molecule has 1 heterocycles. The van der Waals surface area contributed by atoms with Gasteiger partial charge in [-0.05, 0) is 95.7 Å². The van der Waals surface area contributed by atoms with E-state index in [-0.39, 0.29) is 11.5 Å². The van der Waals surface area contributed by atoms with Gasteiger partial charge in [0.05, 0.1) is 41.9 Å². The summed E-state index contributed by atoms with van der Waals surface area (Å²) < 4.78 is 19.2. The minimum absolute atomic E-state index is 0.216. The minimum atomic E-state index is -0.251. The lowest BCUT2D eigenvalue weighted by molar-refractivity contribution is 0.310.